The molecule has 1 aromatic carbocycles. The zero-order valence-electron chi connectivity index (χ0n) is 12.0. The molecule has 0 bridgehead atoms. The molecule has 0 aliphatic heterocycles. The number of rotatable bonds is 6. The molecule has 0 heterocycles. The second kappa shape index (κ2) is 7.15. The van der Waals surface area contributed by atoms with Gasteiger partial charge in [0.05, 0.1) is 6.61 Å². The van der Waals surface area contributed by atoms with E-state index >= 15 is 0 Å². The van der Waals surface area contributed by atoms with Crippen LogP contribution in [0.1, 0.15) is 31.9 Å². The molecule has 1 N–H and O–H groups in total. The Bertz CT molecular complexity index is 367. The van der Waals surface area contributed by atoms with Gasteiger partial charge in [-0.2, -0.15) is 0 Å². The van der Waals surface area contributed by atoms with E-state index in [-0.39, 0.29) is 0 Å². The number of hydrogen-bond donors (Lipinski definition) is 1. The summed E-state index contributed by atoms with van der Waals surface area (Å²) >= 11 is 3.57. The van der Waals surface area contributed by atoms with E-state index in [0.29, 0.717) is 12.0 Å². The Morgan fingerprint density at radius 1 is 1.17 bits per heavy atom. The first kappa shape index (κ1) is 15.5. The summed E-state index contributed by atoms with van der Waals surface area (Å²) in [6.45, 7) is 12.5. The maximum Gasteiger partial charge on any atom is 0.119 e. The van der Waals surface area contributed by atoms with E-state index in [4.69, 9.17) is 4.74 Å². The Labute approximate surface area is 119 Å². The van der Waals surface area contributed by atoms with Gasteiger partial charge in [0.2, 0.25) is 0 Å². The van der Waals surface area contributed by atoms with Crippen LogP contribution >= 0.6 is 15.9 Å². The molecule has 1 aromatic rings. The van der Waals surface area contributed by atoms with E-state index in [2.05, 4.69) is 68.0 Å². The van der Waals surface area contributed by atoms with Gasteiger partial charge in [-0.05, 0) is 37.1 Å². The van der Waals surface area contributed by atoms with Gasteiger partial charge in [0.1, 0.15) is 5.75 Å². The van der Waals surface area contributed by atoms with Gasteiger partial charge in [-0.1, -0.05) is 36.7 Å². The highest BCUT2D eigenvalue weighted by molar-refractivity contribution is 9.10. The molecular weight excluding hydrogens is 290 g/mol. The Morgan fingerprint density at radius 3 is 2.22 bits per heavy atom. The zero-order chi connectivity index (χ0) is 13.7. The molecule has 102 valence electrons. The van der Waals surface area contributed by atoms with Gasteiger partial charge in [0, 0.05) is 23.0 Å². The summed E-state index contributed by atoms with van der Waals surface area (Å²) in [6.07, 6.45) is 0. The highest BCUT2D eigenvalue weighted by Gasteiger charge is 2.06. The van der Waals surface area contributed by atoms with Gasteiger partial charge < -0.3 is 10.1 Å². The SMILES string of the molecule is Cc1cc(OCC(C)CNC(C)C)cc(C)c1Br. The summed E-state index contributed by atoms with van der Waals surface area (Å²) in [5.41, 5.74) is 2.44. The molecule has 0 spiro atoms. The van der Waals surface area contributed by atoms with Gasteiger partial charge in [-0.3, -0.25) is 0 Å². The second-order valence-electron chi connectivity index (χ2n) is 5.35. The predicted molar refractivity (Wildman–Crippen MR) is 81.4 cm³/mol. The first-order chi connectivity index (χ1) is 8.40. The maximum atomic E-state index is 5.86. The van der Waals surface area contributed by atoms with E-state index in [1.54, 1.807) is 0 Å². The highest BCUT2D eigenvalue weighted by atomic mass is 79.9. The van der Waals surface area contributed by atoms with Gasteiger partial charge in [-0.15, -0.1) is 0 Å². The van der Waals surface area contributed by atoms with Crippen molar-refractivity contribution in [1.29, 1.82) is 0 Å². The van der Waals surface area contributed by atoms with Crippen molar-refractivity contribution in [1.82, 2.24) is 5.32 Å². The van der Waals surface area contributed by atoms with Crippen LogP contribution < -0.4 is 10.1 Å². The molecule has 0 aliphatic carbocycles. The molecule has 0 saturated heterocycles. The average molecular weight is 314 g/mol. The minimum atomic E-state index is 0.511. The minimum Gasteiger partial charge on any atom is -0.493 e. The molecule has 0 amide bonds. The van der Waals surface area contributed by atoms with Crippen LogP contribution in [0.2, 0.25) is 0 Å². The lowest BCUT2D eigenvalue weighted by Gasteiger charge is -2.16. The van der Waals surface area contributed by atoms with Crippen LogP contribution in [0.5, 0.6) is 5.75 Å². The molecule has 0 fully saturated rings. The number of halogens is 1. The van der Waals surface area contributed by atoms with Crippen molar-refractivity contribution in [3.63, 3.8) is 0 Å². The lowest BCUT2D eigenvalue weighted by atomic mass is 10.1. The fraction of sp³-hybridized carbons (Fsp3) is 0.600. The Kier molecular flexibility index (Phi) is 6.16. The van der Waals surface area contributed by atoms with Crippen molar-refractivity contribution in [2.45, 2.75) is 40.7 Å². The molecule has 1 rings (SSSR count). The summed E-state index contributed by atoms with van der Waals surface area (Å²) < 4.78 is 7.03. The van der Waals surface area contributed by atoms with Crippen molar-refractivity contribution in [3.05, 3.63) is 27.7 Å². The molecule has 0 radical (unpaired) electrons. The third-order valence-electron chi connectivity index (χ3n) is 2.82. The lowest BCUT2D eigenvalue weighted by Crippen LogP contribution is -2.30. The normalized spacial score (nSPS) is 12.8. The molecule has 1 unspecified atom stereocenters. The van der Waals surface area contributed by atoms with Gasteiger partial charge in [-0.25, -0.2) is 0 Å². The van der Waals surface area contributed by atoms with Crippen molar-refractivity contribution in [2.24, 2.45) is 5.92 Å². The summed E-state index contributed by atoms with van der Waals surface area (Å²) in [5.74, 6) is 1.47. The average Bonchev–Trinajstić information content (AvgIpc) is 2.30. The van der Waals surface area contributed by atoms with Crippen LogP contribution in [0.4, 0.5) is 0 Å². The Morgan fingerprint density at radius 2 is 1.72 bits per heavy atom. The first-order valence-electron chi connectivity index (χ1n) is 6.53. The monoisotopic (exact) mass is 313 g/mol. The van der Waals surface area contributed by atoms with Crippen molar-refractivity contribution in [3.8, 4) is 5.75 Å². The summed E-state index contributed by atoms with van der Waals surface area (Å²) in [7, 11) is 0. The highest BCUT2D eigenvalue weighted by Crippen LogP contribution is 2.26. The van der Waals surface area contributed by atoms with Crippen molar-refractivity contribution < 1.29 is 4.74 Å². The molecule has 1 atom stereocenters. The summed E-state index contributed by atoms with van der Waals surface area (Å²) in [5, 5.41) is 3.43. The van der Waals surface area contributed by atoms with E-state index in [9.17, 15) is 0 Å². The van der Waals surface area contributed by atoms with E-state index in [1.807, 2.05) is 0 Å². The fourth-order valence-electron chi connectivity index (χ4n) is 1.72. The predicted octanol–water partition coefficient (Wildman–Crippen LogP) is 4.08. The Hall–Kier alpha value is -0.540. The quantitative estimate of drug-likeness (QED) is 0.854. The van der Waals surface area contributed by atoms with Crippen LogP contribution in [0.25, 0.3) is 0 Å². The molecule has 0 aliphatic rings. The molecule has 0 aromatic heterocycles. The van der Waals surface area contributed by atoms with Crippen molar-refractivity contribution in [2.75, 3.05) is 13.2 Å². The second-order valence-corrected chi connectivity index (χ2v) is 6.14. The number of aryl methyl sites for hydroxylation is 2. The van der Waals surface area contributed by atoms with E-state index in [1.165, 1.54) is 15.6 Å². The van der Waals surface area contributed by atoms with E-state index < -0.39 is 0 Å². The molecule has 3 heteroatoms. The van der Waals surface area contributed by atoms with Crippen LogP contribution in [-0.4, -0.2) is 19.2 Å². The van der Waals surface area contributed by atoms with Crippen LogP contribution in [0, 0.1) is 19.8 Å². The summed E-state index contributed by atoms with van der Waals surface area (Å²) in [6, 6.07) is 4.70. The van der Waals surface area contributed by atoms with Gasteiger partial charge >= 0.3 is 0 Å². The summed E-state index contributed by atoms with van der Waals surface area (Å²) in [4.78, 5) is 0. The molecule has 18 heavy (non-hydrogen) atoms. The number of nitrogens with one attached hydrogen (secondary N) is 1. The fourth-order valence-corrected chi connectivity index (χ4v) is 1.95. The largest absolute Gasteiger partial charge is 0.493 e. The number of hydrogen-bond acceptors (Lipinski definition) is 2. The molecule has 2 nitrogen and oxygen atoms in total. The van der Waals surface area contributed by atoms with Crippen molar-refractivity contribution >= 4 is 15.9 Å². The standard InChI is InChI=1S/C15H24BrNO/c1-10(2)17-8-11(3)9-18-14-6-12(4)15(16)13(5)7-14/h6-7,10-11,17H,8-9H2,1-5H3. The number of ether oxygens (including phenoxy) is 1. The van der Waals surface area contributed by atoms with Crippen LogP contribution in [0.3, 0.4) is 0 Å². The zero-order valence-corrected chi connectivity index (χ0v) is 13.6. The molecule has 0 saturated carbocycles. The van der Waals surface area contributed by atoms with Gasteiger partial charge in [0.25, 0.3) is 0 Å². The third kappa shape index (κ3) is 4.99. The smallest absolute Gasteiger partial charge is 0.119 e. The third-order valence-corrected chi connectivity index (χ3v) is 4.07. The lowest BCUT2D eigenvalue weighted by molar-refractivity contribution is 0.253. The first-order valence-corrected chi connectivity index (χ1v) is 7.32. The minimum absolute atomic E-state index is 0.511. The van der Waals surface area contributed by atoms with Gasteiger partial charge in [0.15, 0.2) is 0 Å². The number of benzene rings is 1. The topological polar surface area (TPSA) is 21.3 Å². The Balaban J connectivity index is 2.48. The van der Waals surface area contributed by atoms with Crippen LogP contribution in [-0.2, 0) is 0 Å². The molecular formula is C15H24BrNO. The van der Waals surface area contributed by atoms with E-state index in [0.717, 1.165) is 18.9 Å². The maximum absolute atomic E-state index is 5.86. The van der Waals surface area contributed by atoms with Crippen LogP contribution in [0.15, 0.2) is 16.6 Å².